The molecule has 140 valence electrons. The molecule has 0 unspecified atom stereocenters. The Balaban J connectivity index is 2.27. The maximum Gasteiger partial charge on any atom is 0.435 e. The number of likely N-dealkylation sites (tertiary alicyclic amines) is 1. The Bertz CT molecular complexity index is 666. The Morgan fingerprint density at radius 2 is 1.92 bits per heavy atom. The maximum atomic E-state index is 13.3. The molecule has 2 rings (SSSR count). The van der Waals surface area contributed by atoms with E-state index < -0.39 is 41.3 Å². The summed E-state index contributed by atoms with van der Waals surface area (Å²) in [6, 6.07) is -0.835. The molecule has 1 fully saturated rings. The number of aromatic nitrogens is 3. The molecule has 25 heavy (non-hydrogen) atoms. The fourth-order valence-corrected chi connectivity index (χ4v) is 2.60. The zero-order chi connectivity index (χ0) is 19.0. The van der Waals surface area contributed by atoms with Gasteiger partial charge >= 0.3 is 18.2 Å². The third-order valence-corrected chi connectivity index (χ3v) is 3.56. The Morgan fingerprint density at radius 1 is 1.28 bits per heavy atom. The highest BCUT2D eigenvalue weighted by Gasteiger charge is 2.44. The molecule has 0 saturated carbocycles. The average molecular weight is 364 g/mol. The molecule has 0 aromatic carbocycles. The maximum absolute atomic E-state index is 13.3. The first kappa shape index (κ1) is 19.0. The second kappa shape index (κ2) is 6.52. The van der Waals surface area contributed by atoms with E-state index in [1.54, 1.807) is 20.8 Å². The Labute approximate surface area is 141 Å². The molecule has 1 aromatic rings. The van der Waals surface area contributed by atoms with Crippen molar-refractivity contribution in [3.8, 4) is 0 Å². The number of piperidine rings is 1. The molecular formula is C14H19F3N4O4. The lowest BCUT2D eigenvalue weighted by molar-refractivity contribution is -0.145. The Hall–Kier alpha value is -2.33. The molecule has 2 heterocycles. The van der Waals surface area contributed by atoms with E-state index >= 15 is 0 Å². The predicted octanol–water partition coefficient (Wildman–Crippen LogP) is 2.57. The number of amides is 1. The van der Waals surface area contributed by atoms with Crippen molar-refractivity contribution in [2.75, 3.05) is 13.1 Å². The molecule has 11 heteroatoms. The number of hydrogen-bond donors (Lipinski definition) is 1. The number of carbonyl (C=O) groups excluding carboxylic acids is 1. The zero-order valence-electron chi connectivity index (χ0n) is 14.0. The van der Waals surface area contributed by atoms with E-state index in [0.29, 0.717) is 24.1 Å². The van der Waals surface area contributed by atoms with E-state index in [9.17, 15) is 22.8 Å². The normalized spacial score (nSPS) is 19.0. The third kappa shape index (κ3) is 4.40. The van der Waals surface area contributed by atoms with E-state index in [1.807, 2.05) is 0 Å². The summed E-state index contributed by atoms with van der Waals surface area (Å²) in [7, 11) is 0. The van der Waals surface area contributed by atoms with Crippen molar-refractivity contribution in [2.24, 2.45) is 0 Å². The first-order valence-electron chi connectivity index (χ1n) is 7.64. The van der Waals surface area contributed by atoms with Gasteiger partial charge < -0.3 is 14.7 Å². The molecule has 0 radical (unpaired) electrons. The van der Waals surface area contributed by atoms with Crippen LogP contribution >= 0.6 is 0 Å². The van der Waals surface area contributed by atoms with Gasteiger partial charge in [-0.2, -0.15) is 13.2 Å². The fourth-order valence-electron chi connectivity index (χ4n) is 2.60. The van der Waals surface area contributed by atoms with Crippen molar-refractivity contribution in [3.63, 3.8) is 0 Å². The number of rotatable bonds is 2. The van der Waals surface area contributed by atoms with Gasteiger partial charge in [-0.3, -0.25) is 0 Å². The SMILES string of the molecule is CC(C)(C)OC(=O)N1CCC[C@@H](n2nnc(C(=O)O)c2C(F)(F)F)C1. The molecule has 1 N–H and O–H groups in total. The monoisotopic (exact) mass is 364 g/mol. The summed E-state index contributed by atoms with van der Waals surface area (Å²) in [5.41, 5.74) is -3.30. The second-order valence-corrected chi connectivity index (χ2v) is 6.76. The number of aromatic carboxylic acids is 1. The summed E-state index contributed by atoms with van der Waals surface area (Å²) < 4.78 is 45.6. The van der Waals surface area contributed by atoms with Crippen LogP contribution in [0.1, 0.15) is 55.8 Å². The van der Waals surface area contributed by atoms with E-state index in [4.69, 9.17) is 9.84 Å². The van der Waals surface area contributed by atoms with E-state index in [1.165, 1.54) is 4.90 Å². The van der Waals surface area contributed by atoms with Crippen molar-refractivity contribution >= 4 is 12.1 Å². The van der Waals surface area contributed by atoms with E-state index in [2.05, 4.69) is 10.3 Å². The number of ether oxygens (including phenoxy) is 1. The van der Waals surface area contributed by atoms with Crippen LogP contribution in [-0.2, 0) is 10.9 Å². The molecule has 0 aliphatic carbocycles. The largest absolute Gasteiger partial charge is 0.476 e. The molecule has 1 aliphatic heterocycles. The number of carbonyl (C=O) groups is 2. The van der Waals surface area contributed by atoms with Crippen molar-refractivity contribution < 1.29 is 32.6 Å². The third-order valence-electron chi connectivity index (χ3n) is 3.56. The molecule has 1 aliphatic rings. The smallest absolute Gasteiger partial charge is 0.435 e. The quantitative estimate of drug-likeness (QED) is 0.866. The average Bonchev–Trinajstić information content (AvgIpc) is 2.90. The number of alkyl halides is 3. The number of hydrogen-bond acceptors (Lipinski definition) is 5. The standard InChI is InChI=1S/C14H19F3N4O4/c1-13(2,3)25-12(24)20-6-4-5-8(7-20)21-10(14(15,16)17)9(11(22)23)18-19-21/h8H,4-7H2,1-3H3,(H,22,23)/t8-/m1/s1. The van der Waals surface area contributed by atoms with Gasteiger partial charge in [0.15, 0.2) is 5.69 Å². The van der Waals surface area contributed by atoms with Gasteiger partial charge in [0.2, 0.25) is 5.69 Å². The van der Waals surface area contributed by atoms with Crippen molar-refractivity contribution in [1.82, 2.24) is 19.9 Å². The van der Waals surface area contributed by atoms with Gasteiger partial charge in [-0.15, -0.1) is 5.10 Å². The Kier molecular flexibility index (Phi) is 4.96. The number of nitrogens with zero attached hydrogens (tertiary/aromatic N) is 4. The van der Waals surface area contributed by atoms with Crippen molar-refractivity contribution in [1.29, 1.82) is 0 Å². The highest BCUT2D eigenvalue weighted by atomic mass is 19.4. The van der Waals surface area contributed by atoms with E-state index in [-0.39, 0.29) is 6.54 Å². The summed E-state index contributed by atoms with van der Waals surface area (Å²) >= 11 is 0. The summed E-state index contributed by atoms with van der Waals surface area (Å²) in [4.78, 5) is 24.4. The van der Waals surface area contributed by atoms with Crippen LogP contribution in [0, 0.1) is 0 Å². The highest BCUT2D eigenvalue weighted by Crippen LogP contribution is 2.34. The summed E-state index contributed by atoms with van der Waals surface area (Å²) in [6.07, 6.45) is -4.82. The lowest BCUT2D eigenvalue weighted by Gasteiger charge is -2.34. The minimum atomic E-state index is -4.93. The zero-order valence-corrected chi connectivity index (χ0v) is 14.0. The van der Waals surface area contributed by atoms with Gasteiger partial charge in [0, 0.05) is 13.1 Å². The molecule has 1 atom stereocenters. The summed E-state index contributed by atoms with van der Waals surface area (Å²) in [5.74, 6) is -1.81. The summed E-state index contributed by atoms with van der Waals surface area (Å²) in [6.45, 7) is 5.33. The fraction of sp³-hybridized carbons (Fsp3) is 0.714. The van der Waals surface area contributed by atoms with Gasteiger partial charge in [0.25, 0.3) is 0 Å². The van der Waals surface area contributed by atoms with Crippen LogP contribution in [0.4, 0.5) is 18.0 Å². The van der Waals surface area contributed by atoms with Crippen molar-refractivity contribution in [3.05, 3.63) is 11.4 Å². The number of carboxylic acid groups (broad SMARTS) is 1. The number of carboxylic acids is 1. The number of halogens is 3. The molecule has 8 nitrogen and oxygen atoms in total. The van der Waals surface area contributed by atoms with Gasteiger partial charge in [0.1, 0.15) is 5.60 Å². The van der Waals surface area contributed by atoms with Crippen LogP contribution in [0.3, 0.4) is 0 Å². The first-order chi connectivity index (χ1) is 11.4. The Morgan fingerprint density at radius 3 is 2.44 bits per heavy atom. The minimum Gasteiger partial charge on any atom is -0.476 e. The van der Waals surface area contributed by atoms with Crippen LogP contribution in [0.15, 0.2) is 0 Å². The summed E-state index contributed by atoms with van der Waals surface area (Å²) in [5, 5.41) is 15.4. The van der Waals surface area contributed by atoms with Gasteiger partial charge in [-0.25, -0.2) is 14.3 Å². The molecule has 0 spiro atoms. The van der Waals surface area contributed by atoms with Gasteiger partial charge in [-0.05, 0) is 33.6 Å². The lowest BCUT2D eigenvalue weighted by Crippen LogP contribution is -2.44. The van der Waals surface area contributed by atoms with Gasteiger partial charge in [-0.1, -0.05) is 5.21 Å². The second-order valence-electron chi connectivity index (χ2n) is 6.76. The molecule has 1 saturated heterocycles. The van der Waals surface area contributed by atoms with Crippen LogP contribution in [0.2, 0.25) is 0 Å². The topological polar surface area (TPSA) is 97.5 Å². The highest BCUT2D eigenvalue weighted by molar-refractivity contribution is 5.86. The van der Waals surface area contributed by atoms with Gasteiger partial charge in [0.05, 0.1) is 6.04 Å². The van der Waals surface area contributed by atoms with Crippen molar-refractivity contribution in [2.45, 2.75) is 51.4 Å². The minimum absolute atomic E-state index is 0.0690. The predicted molar refractivity (Wildman–Crippen MR) is 78.1 cm³/mol. The molecule has 0 bridgehead atoms. The van der Waals surface area contributed by atoms with Crippen LogP contribution in [0.25, 0.3) is 0 Å². The van der Waals surface area contributed by atoms with Crippen LogP contribution in [-0.4, -0.2) is 55.8 Å². The molecular weight excluding hydrogens is 345 g/mol. The molecule has 1 aromatic heterocycles. The lowest BCUT2D eigenvalue weighted by atomic mass is 10.1. The van der Waals surface area contributed by atoms with Crippen LogP contribution in [0.5, 0.6) is 0 Å². The first-order valence-corrected chi connectivity index (χ1v) is 7.64. The molecule has 1 amide bonds. The van der Waals surface area contributed by atoms with Crippen LogP contribution < -0.4 is 0 Å². The van der Waals surface area contributed by atoms with E-state index in [0.717, 1.165) is 0 Å².